The summed E-state index contributed by atoms with van der Waals surface area (Å²) in [5.74, 6) is -1.57. The van der Waals surface area contributed by atoms with Gasteiger partial charge in [0.1, 0.15) is 5.76 Å². The van der Waals surface area contributed by atoms with E-state index in [0.29, 0.717) is 10.6 Å². The summed E-state index contributed by atoms with van der Waals surface area (Å²) in [5.41, 5.74) is 3.14. The van der Waals surface area contributed by atoms with Gasteiger partial charge in [-0.2, -0.15) is 0 Å². The molecule has 1 saturated heterocycles. The van der Waals surface area contributed by atoms with Gasteiger partial charge in [0.15, 0.2) is 0 Å². The summed E-state index contributed by atoms with van der Waals surface area (Å²) in [5, 5.41) is 11.7. The van der Waals surface area contributed by atoms with Crippen LogP contribution in [0.2, 0.25) is 5.02 Å². The molecule has 0 radical (unpaired) electrons. The molecule has 1 aromatic heterocycles. The number of nitrogens with zero attached hydrogens (tertiary/aromatic N) is 3. The molecule has 34 heavy (non-hydrogen) atoms. The van der Waals surface area contributed by atoms with Crippen LogP contribution >= 0.6 is 11.6 Å². The molecule has 0 saturated carbocycles. The summed E-state index contributed by atoms with van der Waals surface area (Å²) >= 11 is 5.99. The average Bonchev–Trinajstić information content (AvgIpc) is 3.11. The number of aromatic nitrogens is 1. The van der Waals surface area contributed by atoms with E-state index in [1.807, 2.05) is 24.3 Å². The van der Waals surface area contributed by atoms with E-state index < -0.39 is 17.7 Å². The number of Topliss-reactive ketones (excluding diaryl/α,β-unsaturated/α-hetero) is 1. The van der Waals surface area contributed by atoms with Crippen LogP contribution in [0.1, 0.15) is 36.6 Å². The lowest BCUT2D eigenvalue weighted by Gasteiger charge is -2.26. The number of pyridine rings is 1. The molecule has 0 spiro atoms. The molecular weight excluding hydrogens is 450 g/mol. The highest BCUT2D eigenvalue weighted by molar-refractivity contribution is 6.46. The van der Waals surface area contributed by atoms with E-state index in [1.54, 1.807) is 48.8 Å². The molecule has 1 atom stereocenters. The number of carbonyl (C=O) groups excluding carboxylic acids is 2. The normalized spacial score (nSPS) is 17.3. The average molecular weight is 476 g/mol. The van der Waals surface area contributed by atoms with Crippen LogP contribution in [0.15, 0.2) is 78.6 Å². The third-order valence-electron chi connectivity index (χ3n) is 6.10. The molecule has 0 bridgehead atoms. The molecule has 1 fully saturated rings. The van der Waals surface area contributed by atoms with Gasteiger partial charge in [0.05, 0.1) is 11.6 Å². The van der Waals surface area contributed by atoms with Gasteiger partial charge in [-0.25, -0.2) is 0 Å². The van der Waals surface area contributed by atoms with E-state index in [0.717, 1.165) is 29.9 Å². The third-order valence-corrected chi connectivity index (χ3v) is 6.35. The summed E-state index contributed by atoms with van der Waals surface area (Å²) < 4.78 is 0. The standard InChI is InChI=1S/C27H26ClN3O3/c1-3-30(4-2)22-11-7-19(8-12-22)24-23(25(32)20-5-9-21(28)10-6-20)26(33)27(34)31(24)17-18-13-15-29-16-14-18/h5-16,24,32H,3-4,17H2,1-2H3/b25-23-. The fourth-order valence-corrected chi connectivity index (χ4v) is 4.42. The number of hydrogen-bond acceptors (Lipinski definition) is 5. The van der Waals surface area contributed by atoms with Gasteiger partial charge in [0, 0.05) is 48.3 Å². The van der Waals surface area contributed by atoms with Crippen molar-refractivity contribution >= 4 is 34.7 Å². The van der Waals surface area contributed by atoms with E-state index in [2.05, 4.69) is 23.7 Å². The fraction of sp³-hybridized carbons (Fsp3) is 0.222. The summed E-state index contributed by atoms with van der Waals surface area (Å²) in [6.45, 7) is 6.13. The summed E-state index contributed by atoms with van der Waals surface area (Å²) in [4.78, 5) is 34.1. The predicted octanol–water partition coefficient (Wildman–Crippen LogP) is 5.20. The molecule has 2 heterocycles. The molecule has 1 aliphatic heterocycles. The van der Waals surface area contributed by atoms with Crippen LogP contribution in [-0.2, 0) is 16.1 Å². The van der Waals surface area contributed by atoms with Crippen LogP contribution in [-0.4, -0.2) is 39.8 Å². The van der Waals surface area contributed by atoms with E-state index in [9.17, 15) is 14.7 Å². The maximum Gasteiger partial charge on any atom is 0.295 e. The number of rotatable bonds is 7. The first-order valence-electron chi connectivity index (χ1n) is 11.2. The van der Waals surface area contributed by atoms with Crippen molar-refractivity contribution in [2.75, 3.05) is 18.0 Å². The second-order valence-corrected chi connectivity index (χ2v) is 8.49. The van der Waals surface area contributed by atoms with Crippen LogP contribution in [0.4, 0.5) is 5.69 Å². The topological polar surface area (TPSA) is 73.7 Å². The molecule has 4 rings (SSSR count). The predicted molar refractivity (Wildman–Crippen MR) is 134 cm³/mol. The van der Waals surface area contributed by atoms with Gasteiger partial charge in [-0.05, 0) is 73.5 Å². The minimum Gasteiger partial charge on any atom is -0.507 e. The van der Waals surface area contributed by atoms with Gasteiger partial charge in [0.2, 0.25) is 0 Å². The maximum absolute atomic E-state index is 13.2. The Kier molecular flexibility index (Phi) is 6.98. The Hall–Kier alpha value is -3.64. The smallest absolute Gasteiger partial charge is 0.295 e. The van der Waals surface area contributed by atoms with Crippen LogP contribution in [0.3, 0.4) is 0 Å². The number of anilines is 1. The van der Waals surface area contributed by atoms with Crippen molar-refractivity contribution in [3.63, 3.8) is 0 Å². The largest absolute Gasteiger partial charge is 0.507 e. The Morgan fingerprint density at radius 3 is 2.18 bits per heavy atom. The molecular formula is C27H26ClN3O3. The van der Waals surface area contributed by atoms with Crippen LogP contribution in [0, 0.1) is 0 Å². The highest BCUT2D eigenvalue weighted by Gasteiger charge is 2.46. The first-order chi connectivity index (χ1) is 16.4. The monoisotopic (exact) mass is 475 g/mol. The summed E-state index contributed by atoms with van der Waals surface area (Å²) in [6.07, 6.45) is 3.29. The summed E-state index contributed by atoms with van der Waals surface area (Å²) in [6, 6.07) is 17.2. The number of amides is 1. The highest BCUT2D eigenvalue weighted by Crippen LogP contribution is 2.40. The lowest BCUT2D eigenvalue weighted by molar-refractivity contribution is -0.140. The maximum atomic E-state index is 13.2. The lowest BCUT2D eigenvalue weighted by Crippen LogP contribution is -2.29. The molecule has 1 unspecified atom stereocenters. The molecule has 174 valence electrons. The number of ketones is 1. The molecule has 6 nitrogen and oxygen atoms in total. The van der Waals surface area contributed by atoms with E-state index in [1.165, 1.54) is 4.90 Å². The Bertz CT molecular complexity index is 1200. The van der Waals surface area contributed by atoms with Crippen molar-refractivity contribution < 1.29 is 14.7 Å². The van der Waals surface area contributed by atoms with E-state index >= 15 is 0 Å². The minimum atomic E-state index is -0.727. The zero-order chi connectivity index (χ0) is 24.2. The minimum absolute atomic E-state index is 0.0666. The molecule has 1 aliphatic rings. The molecule has 1 amide bonds. The Labute approximate surface area is 204 Å². The Morgan fingerprint density at radius 1 is 0.971 bits per heavy atom. The van der Waals surface area contributed by atoms with E-state index in [4.69, 9.17) is 11.6 Å². The second kappa shape index (κ2) is 10.1. The third kappa shape index (κ3) is 4.54. The van der Waals surface area contributed by atoms with Crippen molar-refractivity contribution in [2.24, 2.45) is 0 Å². The Morgan fingerprint density at radius 2 is 1.59 bits per heavy atom. The van der Waals surface area contributed by atoms with Gasteiger partial charge in [-0.15, -0.1) is 0 Å². The van der Waals surface area contributed by atoms with Crippen molar-refractivity contribution in [1.82, 2.24) is 9.88 Å². The lowest BCUT2D eigenvalue weighted by atomic mass is 9.95. The molecule has 3 aromatic rings. The van der Waals surface area contributed by atoms with Crippen LogP contribution < -0.4 is 4.90 Å². The number of carbonyl (C=O) groups is 2. The Balaban J connectivity index is 1.82. The SMILES string of the molecule is CCN(CC)c1ccc(C2/C(=C(/O)c3ccc(Cl)cc3)C(=O)C(=O)N2Cc2ccncc2)cc1. The van der Waals surface area contributed by atoms with Crippen molar-refractivity contribution in [2.45, 2.75) is 26.4 Å². The zero-order valence-electron chi connectivity index (χ0n) is 19.1. The van der Waals surface area contributed by atoms with Crippen LogP contribution in [0.25, 0.3) is 5.76 Å². The van der Waals surface area contributed by atoms with Gasteiger partial charge >= 0.3 is 0 Å². The van der Waals surface area contributed by atoms with Crippen LogP contribution in [0.5, 0.6) is 0 Å². The molecule has 7 heteroatoms. The number of benzene rings is 2. The van der Waals surface area contributed by atoms with Gasteiger partial charge in [0.25, 0.3) is 11.7 Å². The molecule has 2 aromatic carbocycles. The molecule has 0 aliphatic carbocycles. The summed E-state index contributed by atoms with van der Waals surface area (Å²) in [7, 11) is 0. The number of likely N-dealkylation sites (tertiary alicyclic amines) is 1. The first kappa shape index (κ1) is 23.5. The van der Waals surface area contributed by atoms with Gasteiger partial charge in [-0.3, -0.25) is 14.6 Å². The van der Waals surface area contributed by atoms with Gasteiger partial charge in [-0.1, -0.05) is 23.7 Å². The first-order valence-corrected chi connectivity index (χ1v) is 11.6. The second-order valence-electron chi connectivity index (χ2n) is 8.05. The molecule has 1 N–H and O–H groups in total. The number of aliphatic hydroxyl groups excluding tert-OH is 1. The highest BCUT2D eigenvalue weighted by atomic mass is 35.5. The van der Waals surface area contributed by atoms with E-state index in [-0.39, 0.29) is 17.9 Å². The number of aliphatic hydroxyl groups is 1. The fourth-order valence-electron chi connectivity index (χ4n) is 4.29. The van der Waals surface area contributed by atoms with Crippen molar-refractivity contribution in [3.8, 4) is 0 Å². The number of hydrogen-bond donors (Lipinski definition) is 1. The quantitative estimate of drug-likeness (QED) is 0.289. The number of halogens is 1. The zero-order valence-corrected chi connectivity index (χ0v) is 19.9. The van der Waals surface area contributed by atoms with Crippen molar-refractivity contribution in [3.05, 3.63) is 100 Å². The van der Waals surface area contributed by atoms with Gasteiger partial charge < -0.3 is 14.9 Å². The van der Waals surface area contributed by atoms with Crippen molar-refractivity contribution in [1.29, 1.82) is 0 Å².